The lowest BCUT2D eigenvalue weighted by Gasteiger charge is -2.27. The molecule has 0 radical (unpaired) electrons. The first kappa shape index (κ1) is 26.1. The topological polar surface area (TPSA) is 100 Å². The molecule has 2 saturated carbocycles. The van der Waals surface area contributed by atoms with Crippen molar-refractivity contribution in [2.45, 2.75) is 50.7 Å². The molecule has 5 aromatic rings. The fourth-order valence-corrected chi connectivity index (χ4v) is 7.83. The summed E-state index contributed by atoms with van der Waals surface area (Å²) >= 11 is 0. The van der Waals surface area contributed by atoms with E-state index in [0.29, 0.717) is 23.1 Å². The number of benzene rings is 2. The predicted octanol–water partition coefficient (Wildman–Crippen LogP) is 5.17. The monoisotopic (exact) mass is 588 g/mol. The molecule has 9 nitrogen and oxygen atoms in total. The Morgan fingerprint density at radius 1 is 1.07 bits per heavy atom. The molecule has 1 saturated heterocycles. The molecule has 0 spiro atoms. The minimum atomic E-state index is 0.0118. The van der Waals surface area contributed by atoms with Gasteiger partial charge in [0.1, 0.15) is 22.7 Å². The summed E-state index contributed by atoms with van der Waals surface area (Å²) in [6, 6.07) is 16.8. The number of hydrogen-bond donors (Lipinski definition) is 1. The van der Waals surface area contributed by atoms with Gasteiger partial charge in [-0.15, -0.1) is 0 Å². The SMILES string of the molecule is COc1cc(C(=O)N2C[C@H]3CC[C@@H]2[C@@H]3N)cc2nc(-c3cc4ccc(-c5ccc6c(c5)CCO6)nc4n3CC3CC3)n(C)c12. The zero-order valence-electron chi connectivity index (χ0n) is 25.1. The van der Waals surface area contributed by atoms with Crippen LogP contribution in [0.5, 0.6) is 11.5 Å². The zero-order valence-corrected chi connectivity index (χ0v) is 25.1. The van der Waals surface area contributed by atoms with Gasteiger partial charge in [-0.25, -0.2) is 9.97 Å². The van der Waals surface area contributed by atoms with Crippen LogP contribution in [0, 0.1) is 11.8 Å². The minimum Gasteiger partial charge on any atom is -0.494 e. The van der Waals surface area contributed by atoms with E-state index in [2.05, 4.69) is 45.5 Å². The van der Waals surface area contributed by atoms with Crippen molar-refractivity contribution in [2.24, 2.45) is 24.6 Å². The molecule has 44 heavy (non-hydrogen) atoms. The van der Waals surface area contributed by atoms with Gasteiger partial charge in [-0.1, -0.05) is 0 Å². The van der Waals surface area contributed by atoms with E-state index in [4.69, 9.17) is 25.2 Å². The van der Waals surface area contributed by atoms with Crippen molar-refractivity contribution in [3.05, 3.63) is 59.7 Å². The summed E-state index contributed by atoms with van der Waals surface area (Å²) < 4.78 is 16.0. The lowest BCUT2D eigenvalue weighted by atomic mass is 10.1. The van der Waals surface area contributed by atoms with Crippen molar-refractivity contribution in [1.82, 2.24) is 24.0 Å². The largest absolute Gasteiger partial charge is 0.494 e. The summed E-state index contributed by atoms with van der Waals surface area (Å²) in [5.41, 5.74) is 13.9. The van der Waals surface area contributed by atoms with E-state index in [0.717, 1.165) is 89.6 Å². The Hall–Kier alpha value is -4.37. The minimum absolute atomic E-state index is 0.0118. The van der Waals surface area contributed by atoms with Crippen LogP contribution < -0.4 is 15.2 Å². The lowest BCUT2D eigenvalue weighted by molar-refractivity contribution is 0.0700. The average molecular weight is 589 g/mol. The highest BCUT2D eigenvalue weighted by Crippen LogP contribution is 2.40. The van der Waals surface area contributed by atoms with Gasteiger partial charge in [-0.05, 0) is 91.6 Å². The summed E-state index contributed by atoms with van der Waals surface area (Å²) in [7, 11) is 3.68. The maximum Gasteiger partial charge on any atom is 0.254 e. The number of likely N-dealkylation sites (tertiary alicyclic amines) is 1. The van der Waals surface area contributed by atoms with E-state index in [1.165, 1.54) is 18.4 Å². The molecule has 2 aromatic carbocycles. The van der Waals surface area contributed by atoms with E-state index < -0.39 is 0 Å². The second kappa shape index (κ2) is 9.56. The number of nitrogens with zero attached hydrogens (tertiary/aromatic N) is 5. The molecule has 3 aromatic heterocycles. The van der Waals surface area contributed by atoms with Gasteiger partial charge in [0.05, 0.1) is 30.6 Å². The molecule has 224 valence electrons. The van der Waals surface area contributed by atoms with Gasteiger partial charge in [-0.2, -0.15) is 0 Å². The molecule has 1 amide bonds. The quantitative estimate of drug-likeness (QED) is 0.294. The maximum absolute atomic E-state index is 13.7. The highest BCUT2D eigenvalue weighted by molar-refractivity contribution is 6.00. The van der Waals surface area contributed by atoms with E-state index in [9.17, 15) is 4.79 Å². The van der Waals surface area contributed by atoms with Gasteiger partial charge in [0.15, 0.2) is 5.82 Å². The van der Waals surface area contributed by atoms with Crippen molar-refractivity contribution in [2.75, 3.05) is 20.3 Å². The number of piperidine rings is 1. The lowest BCUT2D eigenvalue weighted by Crippen LogP contribution is -2.41. The summed E-state index contributed by atoms with van der Waals surface area (Å²) in [5.74, 6) is 3.51. The Labute approximate surface area is 255 Å². The standard InChI is InChI=1S/C35H36N6O3/c1-39-32-26(14-24(16-30(32)43-2)35(42)41-18-23-6-9-27(41)31(23)36)38-34(39)28-15-22-5-8-25(37-33(22)40(28)17-19-3-4-19)20-7-10-29-21(13-20)11-12-44-29/h5,7-8,10,13-16,19,23,27,31H,3-4,6,9,11-12,17-18,36H2,1-2H3/t23-,27-,31-/m1/s1. The van der Waals surface area contributed by atoms with Gasteiger partial charge in [0.2, 0.25) is 0 Å². The molecule has 9 heteroatoms. The number of carbonyl (C=O) groups is 1. The number of aryl methyl sites for hydroxylation is 1. The summed E-state index contributed by atoms with van der Waals surface area (Å²) in [6.45, 7) is 2.37. The Bertz CT molecular complexity index is 1990. The normalized spacial score (nSPS) is 22.2. The Morgan fingerprint density at radius 2 is 1.95 bits per heavy atom. The van der Waals surface area contributed by atoms with Gasteiger partial charge in [0, 0.05) is 55.2 Å². The second-order valence-electron chi connectivity index (χ2n) is 13.1. The van der Waals surface area contributed by atoms with Crippen LogP contribution in [0.2, 0.25) is 0 Å². The van der Waals surface area contributed by atoms with E-state index in [-0.39, 0.29) is 18.0 Å². The number of aromatic nitrogens is 4. The number of pyridine rings is 1. The summed E-state index contributed by atoms with van der Waals surface area (Å²) in [5, 5.41) is 1.09. The van der Waals surface area contributed by atoms with Crippen LogP contribution in [0.3, 0.4) is 0 Å². The van der Waals surface area contributed by atoms with Crippen molar-refractivity contribution < 1.29 is 14.3 Å². The zero-order chi connectivity index (χ0) is 29.7. The van der Waals surface area contributed by atoms with E-state index in [1.807, 2.05) is 24.1 Å². The van der Waals surface area contributed by atoms with Crippen molar-refractivity contribution >= 4 is 28.0 Å². The molecule has 4 aliphatic rings. The van der Waals surface area contributed by atoms with Gasteiger partial charge in [0.25, 0.3) is 5.91 Å². The molecule has 3 fully saturated rings. The van der Waals surface area contributed by atoms with Crippen LogP contribution in [0.1, 0.15) is 41.6 Å². The first-order valence-electron chi connectivity index (χ1n) is 15.8. The highest BCUT2D eigenvalue weighted by Gasteiger charge is 2.47. The molecule has 2 aliphatic carbocycles. The molecule has 3 atom stereocenters. The Morgan fingerprint density at radius 3 is 2.73 bits per heavy atom. The van der Waals surface area contributed by atoms with Crippen LogP contribution in [0.15, 0.2) is 48.5 Å². The van der Waals surface area contributed by atoms with Crippen LogP contribution in [0.25, 0.3) is 44.8 Å². The Kier molecular flexibility index (Phi) is 5.67. The third kappa shape index (κ3) is 3.91. The van der Waals surface area contributed by atoms with Gasteiger partial charge >= 0.3 is 0 Å². The van der Waals surface area contributed by atoms with Crippen LogP contribution >= 0.6 is 0 Å². The summed E-state index contributed by atoms with van der Waals surface area (Å²) in [4.78, 5) is 26.1. The molecule has 9 rings (SSSR count). The first-order chi connectivity index (χ1) is 21.5. The first-order valence-corrected chi connectivity index (χ1v) is 15.8. The predicted molar refractivity (Wildman–Crippen MR) is 169 cm³/mol. The van der Waals surface area contributed by atoms with Crippen molar-refractivity contribution in [1.29, 1.82) is 0 Å². The number of rotatable bonds is 6. The third-order valence-corrected chi connectivity index (χ3v) is 10.4. The fraction of sp³-hybridized carbons (Fsp3) is 0.400. The Balaban J connectivity index is 1.15. The molecular weight excluding hydrogens is 552 g/mol. The maximum atomic E-state index is 13.7. The summed E-state index contributed by atoms with van der Waals surface area (Å²) in [6.07, 6.45) is 5.48. The molecule has 5 heterocycles. The second-order valence-corrected chi connectivity index (χ2v) is 13.1. The van der Waals surface area contributed by atoms with Gasteiger partial charge in [-0.3, -0.25) is 4.79 Å². The fourth-order valence-electron chi connectivity index (χ4n) is 7.83. The smallest absolute Gasteiger partial charge is 0.254 e. The number of amides is 1. The molecule has 0 unspecified atom stereocenters. The number of imidazole rings is 1. The molecule has 2 aliphatic heterocycles. The number of carbonyl (C=O) groups excluding carboxylic acids is 1. The van der Waals surface area contributed by atoms with Crippen molar-refractivity contribution in [3.63, 3.8) is 0 Å². The number of hydrogen-bond acceptors (Lipinski definition) is 6. The van der Waals surface area contributed by atoms with E-state index >= 15 is 0 Å². The van der Waals surface area contributed by atoms with Crippen LogP contribution in [-0.4, -0.2) is 62.3 Å². The molecule has 2 bridgehead atoms. The number of fused-ring (bicyclic) bond motifs is 5. The van der Waals surface area contributed by atoms with Crippen LogP contribution in [-0.2, 0) is 20.0 Å². The molecule has 2 N–H and O–H groups in total. The van der Waals surface area contributed by atoms with Crippen LogP contribution in [0.4, 0.5) is 0 Å². The number of ether oxygens (including phenoxy) is 2. The van der Waals surface area contributed by atoms with Crippen molar-refractivity contribution in [3.8, 4) is 34.3 Å². The van der Waals surface area contributed by atoms with Gasteiger partial charge < -0.3 is 29.2 Å². The number of methoxy groups -OCH3 is 1. The highest BCUT2D eigenvalue weighted by atomic mass is 16.5. The molecular formula is C35H36N6O3. The number of nitrogens with two attached hydrogens (primary N) is 1. The average Bonchev–Trinajstić information content (AvgIpc) is 3.34. The van der Waals surface area contributed by atoms with E-state index in [1.54, 1.807) is 7.11 Å². The third-order valence-electron chi connectivity index (χ3n) is 10.4.